The number of Topliss-reactive ketones (excluding diaryl/α,β-unsaturated/α-hetero) is 1. The molecule has 2 aromatic rings. The van der Waals surface area contributed by atoms with Crippen molar-refractivity contribution in [3.63, 3.8) is 0 Å². The number of rotatable bonds is 4. The van der Waals surface area contributed by atoms with Crippen molar-refractivity contribution in [2.45, 2.75) is 25.9 Å². The van der Waals surface area contributed by atoms with Gasteiger partial charge in [-0.05, 0) is 18.9 Å². The van der Waals surface area contributed by atoms with Gasteiger partial charge in [0.05, 0.1) is 0 Å². The number of aromatic nitrogens is 2. The Morgan fingerprint density at radius 2 is 1.86 bits per heavy atom. The molecule has 0 unspecified atom stereocenters. The Balaban J connectivity index is 2.23. The first-order chi connectivity index (χ1) is 9.77. The zero-order chi connectivity index (χ0) is 15.6. The third-order valence-corrected chi connectivity index (χ3v) is 3.14. The standard InChI is InChI=1S/C15H15F3N2O/c1-10(21)3-4-11-5-7-12(8-6-11)14-19-13(9-20(14)2)15(16,17)18/h5-9H,3-4H2,1-2H3. The molecule has 1 aromatic heterocycles. The summed E-state index contributed by atoms with van der Waals surface area (Å²) < 4.78 is 39.2. The fraction of sp³-hybridized carbons (Fsp3) is 0.333. The van der Waals surface area contributed by atoms with Crippen LogP contribution in [0.4, 0.5) is 13.2 Å². The monoisotopic (exact) mass is 296 g/mol. The number of alkyl halides is 3. The van der Waals surface area contributed by atoms with Crippen LogP contribution in [0.25, 0.3) is 11.4 Å². The minimum absolute atomic E-state index is 0.109. The van der Waals surface area contributed by atoms with Crippen LogP contribution in [0.15, 0.2) is 30.5 Å². The first-order valence-corrected chi connectivity index (χ1v) is 6.46. The highest BCUT2D eigenvalue weighted by Gasteiger charge is 2.34. The fourth-order valence-electron chi connectivity index (χ4n) is 2.01. The van der Waals surface area contributed by atoms with E-state index in [0.29, 0.717) is 18.4 Å². The molecule has 1 heterocycles. The molecule has 0 aliphatic carbocycles. The van der Waals surface area contributed by atoms with Crippen molar-refractivity contribution in [3.05, 3.63) is 41.7 Å². The van der Waals surface area contributed by atoms with Gasteiger partial charge in [0.1, 0.15) is 11.6 Å². The van der Waals surface area contributed by atoms with Crippen molar-refractivity contribution in [3.8, 4) is 11.4 Å². The molecule has 0 saturated carbocycles. The first-order valence-electron chi connectivity index (χ1n) is 6.46. The summed E-state index contributed by atoms with van der Waals surface area (Å²) in [5, 5.41) is 0. The minimum Gasteiger partial charge on any atom is -0.333 e. The Labute approximate surface area is 120 Å². The molecule has 112 valence electrons. The van der Waals surface area contributed by atoms with Crippen LogP contribution < -0.4 is 0 Å². The van der Waals surface area contributed by atoms with Gasteiger partial charge in [-0.15, -0.1) is 0 Å². The topological polar surface area (TPSA) is 34.9 Å². The van der Waals surface area contributed by atoms with E-state index in [-0.39, 0.29) is 11.6 Å². The number of carbonyl (C=O) groups excluding carboxylic acids is 1. The molecule has 2 rings (SSSR count). The van der Waals surface area contributed by atoms with Crippen LogP contribution in [-0.2, 0) is 24.4 Å². The Bertz CT molecular complexity index is 642. The van der Waals surface area contributed by atoms with Gasteiger partial charge in [0.15, 0.2) is 5.69 Å². The molecule has 0 bridgehead atoms. The van der Waals surface area contributed by atoms with Crippen molar-refractivity contribution in [1.82, 2.24) is 9.55 Å². The highest BCUT2D eigenvalue weighted by Crippen LogP contribution is 2.30. The van der Waals surface area contributed by atoms with Crippen LogP contribution >= 0.6 is 0 Å². The van der Waals surface area contributed by atoms with E-state index in [4.69, 9.17) is 0 Å². The van der Waals surface area contributed by atoms with E-state index in [2.05, 4.69) is 4.98 Å². The number of nitrogens with zero attached hydrogens (tertiary/aromatic N) is 2. The van der Waals surface area contributed by atoms with Gasteiger partial charge >= 0.3 is 6.18 Å². The number of benzene rings is 1. The van der Waals surface area contributed by atoms with Gasteiger partial charge in [-0.3, -0.25) is 0 Å². The van der Waals surface area contributed by atoms with Crippen LogP contribution in [0.2, 0.25) is 0 Å². The van der Waals surface area contributed by atoms with Gasteiger partial charge in [-0.2, -0.15) is 13.2 Å². The lowest BCUT2D eigenvalue weighted by Crippen LogP contribution is -2.04. The van der Waals surface area contributed by atoms with E-state index in [9.17, 15) is 18.0 Å². The Hall–Kier alpha value is -2.11. The van der Waals surface area contributed by atoms with Crippen molar-refractivity contribution in [1.29, 1.82) is 0 Å². The lowest BCUT2D eigenvalue weighted by atomic mass is 10.1. The van der Waals surface area contributed by atoms with Crippen LogP contribution in [0.1, 0.15) is 24.6 Å². The number of halogens is 3. The highest BCUT2D eigenvalue weighted by atomic mass is 19.4. The molecule has 1 aromatic carbocycles. The van der Waals surface area contributed by atoms with Crippen LogP contribution in [0.5, 0.6) is 0 Å². The average Bonchev–Trinajstić information content (AvgIpc) is 2.79. The van der Waals surface area contributed by atoms with Gasteiger partial charge in [0.2, 0.25) is 0 Å². The van der Waals surface area contributed by atoms with Gasteiger partial charge in [-0.25, -0.2) is 4.98 Å². The molecule has 0 radical (unpaired) electrons. The fourth-order valence-corrected chi connectivity index (χ4v) is 2.01. The number of imidazole rings is 1. The summed E-state index contributed by atoms with van der Waals surface area (Å²) in [4.78, 5) is 14.6. The molecule has 0 aliphatic heterocycles. The van der Waals surface area contributed by atoms with Crippen LogP contribution in [0, 0.1) is 0 Å². The summed E-state index contributed by atoms with van der Waals surface area (Å²) >= 11 is 0. The van der Waals surface area contributed by atoms with E-state index in [1.807, 2.05) is 0 Å². The van der Waals surface area contributed by atoms with Crippen molar-refractivity contribution >= 4 is 5.78 Å². The molecule has 0 amide bonds. The largest absolute Gasteiger partial charge is 0.434 e. The SMILES string of the molecule is CC(=O)CCc1ccc(-c2nc(C(F)(F)F)cn2C)cc1. The number of ketones is 1. The number of aryl methyl sites for hydroxylation is 2. The first kappa shape index (κ1) is 15.3. The average molecular weight is 296 g/mol. The molecule has 3 nitrogen and oxygen atoms in total. The summed E-state index contributed by atoms with van der Waals surface area (Å²) in [6.45, 7) is 1.53. The van der Waals surface area contributed by atoms with Gasteiger partial charge < -0.3 is 9.36 Å². The van der Waals surface area contributed by atoms with Gasteiger partial charge in [-0.1, -0.05) is 24.3 Å². The maximum absolute atomic E-state index is 12.6. The maximum atomic E-state index is 12.6. The van der Waals surface area contributed by atoms with Crippen molar-refractivity contribution in [2.24, 2.45) is 7.05 Å². The molecule has 0 atom stereocenters. The van der Waals surface area contributed by atoms with Crippen molar-refractivity contribution < 1.29 is 18.0 Å². The molecule has 0 N–H and O–H groups in total. The molecular weight excluding hydrogens is 281 g/mol. The molecule has 0 spiro atoms. The second-order valence-corrected chi connectivity index (χ2v) is 4.96. The normalized spacial score (nSPS) is 11.7. The molecule has 0 saturated heterocycles. The predicted molar refractivity (Wildman–Crippen MR) is 72.6 cm³/mol. The summed E-state index contributed by atoms with van der Waals surface area (Å²) in [6.07, 6.45) is -2.39. The second-order valence-electron chi connectivity index (χ2n) is 4.96. The Kier molecular flexibility index (Phi) is 4.16. The third-order valence-electron chi connectivity index (χ3n) is 3.14. The van der Waals surface area contributed by atoms with E-state index >= 15 is 0 Å². The van der Waals surface area contributed by atoms with Crippen LogP contribution in [-0.4, -0.2) is 15.3 Å². The lowest BCUT2D eigenvalue weighted by molar-refractivity contribution is -0.140. The third kappa shape index (κ3) is 3.71. The van der Waals surface area contributed by atoms with E-state index < -0.39 is 11.9 Å². The molecule has 6 heteroatoms. The molecular formula is C15H15F3N2O. The van der Waals surface area contributed by atoms with Crippen molar-refractivity contribution in [2.75, 3.05) is 0 Å². The zero-order valence-electron chi connectivity index (χ0n) is 11.7. The van der Waals surface area contributed by atoms with Gasteiger partial charge in [0.25, 0.3) is 0 Å². The highest BCUT2D eigenvalue weighted by molar-refractivity contribution is 5.75. The maximum Gasteiger partial charge on any atom is 0.434 e. The van der Waals surface area contributed by atoms with Crippen LogP contribution in [0.3, 0.4) is 0 Å². The Morgan fingerprint density at radius 1 is 1.24 bits per heavy atom. The second kappa shape index (κ2) is 5.71. The van der Waals surface area contributed by atoms with E-state index in [1.165, 1.54) is 18.5 Å². The molecule has 0 aliphatic rings. The number of hydrogen-bond acceptors (Lipinski definition) is 2. The van der Waals surface area contributed by atoms with E-state index in [1.54, 1.807) is 24.3 Å². The molecule has 21 heavy (non-hydrogen) atoms. The summed E-state index contributed by atoms with van der Waals surface area (Å²) in [7, 11) is 1.53. The smallest absolute Gasteiger partial charge is 0.333 e. The summed E-state index contributed by atoms with van der Waals surface area (Å²) in [6, 6.07) is 7.05. The number of hydrogen-bond donors (Lipinski definition) is 0. The van der Waals surface area contributed by atoms with Gasteiger partial charge in [0, 0.05) is 25.2 Å². The zero-order valence-corrected chi connectivity index (χ0v) is 11.7. The number of carbonyl (C=O) groups is 1. The van der Waals surface area contributed by atoms with E-state index in [0.717, 1.165) is 11.8 Å². The molecule has 0 fully saturated rings. The quantitative estimate of drug-likeness (QED) is 0.863. The summed E-state index contributed by atoms with van der Waals surface area (Å²) in [5.74, 6) is 0.374. The Morgan fingerprint density at radius 3 is 2.33 bits per heavy atom. The minimum atomic E-state index is -4.45. The lowest BCUT2D eigenvalue weighted by Gasteiger charge is -2.04. The predicted octanol–water partition coefficient (Wildman–Crippen LogP) is 3.63. The summed E-state index contributed by atoms with van der Waals surface area (Å²) in [5.41, 5.74) is 0.680.